The zero-order chi connectivity index (χ0) is 15.1. The number of carboxylic acid groups (broad SMARTS) is 1. The molecule has 0 saturated heterocycles. The molecule has 1 aromatic carbocycles. The Bertz CT molecular complexity index is 495. The first-order chi connectivity index (χ1) is 9.43. The lowest BCUT2D eigenvalue weighted by molar-refractivity contribution is -0.139. The summed E-state index contributed by atoms with van der Waals surface area (Å²) in [7, 11) is 0. The second-order valence-corrected chi connectivity index (χ2v) is 5.08. The molecule has 1 rings (SSSR count). The summed E-state index contributed by atoms with van der Waals surface area (Å²) in [5.41, 5.74) is 0.435. The van der Waals surface area contributed by atoms with Crippen molar-refractivity contribution in [3.8, 4) is 0 Å². The number of hydrogen-bond acceptors (Lipinski definition) is 3. The fraction of sp³-hybridized carbons (Fsp3) is 0.385. The molecule has 0 fully saturated rings. The third-order valence-electron chi connectivity index (χ3n) is 2.59. The molecule has 0 aromatic heterocycles. The first kappa shape index (κ1) is 16.8. The van der Waals surface area contributed by atoms with Crippen LogP contribution in [0, 0.1) is 0 Å². The van der Waals surface area contributed by atoms with Crippen molar-refractivity contribution in [3.05, 3.63) is 28.2 Å². The van der Waals surface area contributed by atoms with Crippen LogP contribution in [0.25, 0.3) is 0 Å². The Kier molecular flexibility index (Phi) is 6.78. The van der Waals surface area contributed by atoms with Crippen molar-refractivity contribution in [1.82, 2.24) is 5.32 Å². The van der Waals surface area contributed by atoms with Crippen molar-refractivity contribution in [1.29, 1.82) is 0 Å². The Balaban J connectivity index is 2.53. The molecule has 5 nitrogen and oxygen atoms in total. The van der Waals surface area contributed by atoms with Gasteiger partial charge in [-0.25, -0.2) is 0 Å². The Morgan fingerprint density at radius 1 is 1.35 bits per heavy atom. The van der Waals surface area contributed by atoms with Gasteiger partial charge >= 0.3 is 5.97 Å². The minimum atomic E-state index is -0.968. The van der Waals surface area contributed by atoms with Crippen molar-refractivity contribution in [2.24, 2.45) is 0 Å². The molecule has 3 N–H and O–H groups in total. The van der Waals surface area contributed by atoms with Crippen LogP contribution in [0.2, 0.25) is 10.0 Å². The van der Waals surface area contributed by atoms with Gasteiger partial charge in [0.25, 0.3) is 0 Å². The van der Waals surface area contributed by atoms with Gasteiger partial charge in [0.15, 0.2) is 0 Å². The summed E-state index contributed by atoms with van der Waals surface area (Å²) in [6.07, 6.45) is 1.18. The molecule has 0 aliphatic rings. The fourth-order valence-electron chi connectivity index (χ4n) is 1.60. The molecule has 0 saturated carbocycles. The standard InChI is InChI=1S/C13H16Cl2N2O3/c1-2-3-11(13(19)20)16-7-12(18)17-10-5-4-8(14)6-9(10)15/h4-6,11,16H,2-3,7H2,1H3,(H,17,18)(H,19,20). The monoisotopic (exact) mass is 318 g/mol. The average Bonchev–Trinajstić information content (AvgIpc) is 2.37. The zero-order valence-electron chi connectivity index (χ0n) is 11.0. The molecular weight excluding hydrogens is 303 g/mol. The normalized spacial score (nSPS) is 11.9. The highest BCUT2D eigenvalue weighted by Crippen LogP contribution is 2.25. The lowest BCUT2D eigenvalue weighted by atomic mass is 10.2. The van der Waals surface area contributed by atoms with E-state index in [1.54, 1.807) is 12.1 Å². The van der Waals surface area contributed by atoms with Crippen LogP contribution in [0.5, 0.6) is 0 Å². The van der Waals surface area contributed by atoms with Crippen LogP contribution in [-0.4, -0.2) is 29.6 Å². The molecule has 1 atom stereocenters. The number of anilines is 1. The number of nitrogens with one attached hydrogen (secondary N) is 2. The number of amides is 1. The van der Waals surface area contributed by atoms with Crippen LogP contribution in [0.15, 0.2) is 18.2 Å². The highest BCUT2D eigenvalue weighted by Gasteiger charge is 2.17. The number of carbonyl (C=O) groups excluding carboxylic acids is 1. The molecule has 20 heavy (non-hydrogen) atoms. The molecule has 0 bridgehead atoms. The minimum Gasteiger partial charge on any atom is -0.480 e. The molecule has 1 unspecified atom stereocenters. The zero-order valence-corrected chi connectivity index (χ0v) is 12.5. The second-order valence-electron chi connectivity index (χ2n) is 4.23. The van der Waals surface area contributed by atoms with Gasteiger partial charge in [-0.15, -0.1) is 0 Å². The quantitative estimate of drug-likeness (QED) is 0.722. The lowest BCUT2D eigenvalue weighted by Crippen LogP contribution is -2.41. The van der Waals surface area contributed by atoms with E-state index in [-0.39, 0.29) is 12.5 Å². The summed E-state index contributed by atoms with van der Waals surface area (Å²) < 4.78 is 0. The first-order valence-electron chi connectivity index (χ1n) is 6.15. The smallest absolute Gasteiger partial charge is 0.320 e. The topological polar surface area (TPSA) is 78.4 Å². The number of hydrogen-bond donors (Lipinski definition) is 3. The lowest BCUT2D eigenvalue weighted by Gasteiger charge is -2.13. The molecule has 0 heterocycles. The van der Waals surface area contributed by atoms with E-state index >= 15 is 0 Å². The molecule has 110 valence electrons. The van der Waals surface area contributed by atoms with Crippen LogP contribution >= 0.6 is 23.2 Å². The average molecular weight is 319 g/mol. The van der Waals surface area contributed by atoms with Crippen molar-refractivity contribution < 1.29 is 14.7 Å². The number of rotatable bonds is 7. The van der Waals surface area contributed by atoms with Crippen LogP contribution < -0.4 is 10.6 Å². The summed E-state index contributed by atoms with van der Waals surface area (Å²) in [5, 5.41) is 15.0. The van der Waals surface area contributed by atoms with Crippen molar-refractivity contribution in [2.45, 2.75) is 25.8 Å². The molecule has 7 heteroatoms. The van der Waals surface area contributed by atoms with Gasteiger partial charge in [-0.3, -0.25) is 14.9 Å². The van der Waals surface area contributed by atoms with Gasteiger partial charge < -0.3 is 10.4 Å². The highest BCUT2D eigenvalue weighted by molar-refractivity contribution is 6.36. The Labute approximate surface area is 127 Å². The van der Waals surface area contributed by atoms with E-state index in [1.165, 1.54) is 6.07 Å². The molecule has 1 amide bonds. The number of carboxylic acids is 1. The second kappa shape index (κ2) is 8.09. The van der Waals surface area contributed by atoms with Gasteiger partial charge in [-0.2, -0.15) is 0 Å². The molecule has 0 spiro atoms. The van der Waals surface area contributed by atoms with Crippen LogP contribution in [-0.2, 0) is 9.59 Å². The van der Waals surface area contributed by atoms with Crippen molar-refractivity contribution >= 4 is 40.8 Å². The van der Waals surface area contributed by atoms with Crippen molar-refractivity contribution in [2.75, 3.05) is 11.9 Å². The van der Waals surface area contributed by atoms with E-state index in [0.29, 0.717) is 28.6 Å². The van der Waals surface area contributed by atoms with Gasteiger partial charge in [0, 0.05) is 5.02 Å². The Morgan fingerprint density at radius 2 is 2.05 bits per heavy atom. The molecular formula is C13H16Cl2N2O3. The maximum absolute atomic E-state index is 11.7. The molecule has 0 radical (unpaired) electrons. The third-order valence-corrected chi connectivity index (χ3v) is 3.14. The molecule has 1 aromatic rings. The maximum Gasteiger partial charge on any atom is 0.320 e. The largest absolute Gasteiger partial charge is 0.480 e. The van der Waals surface area contributed by atoms with Crippen LogP contribution in [0.4, 0.5) is 5.69 Å². The predicted octanol–water partition coefficient (Wildman–Crippen LogP) is 2.77. The Morgan fingerprint density at radius 3 is 2.60 bits per heavy atom. The van der Waals surface area contributed by atoms with E-state index in [2.05, 4.69) is 10.6 Å². The van der Waals surface area contributed by atoms with Gasteiger partial charge in [-0.05, 0) is 24.6 Å². The summed E-state index contributed by atoms with van der Waals surface area (Å²) in [5.74, 6) is -1.33. The first-order valence-corrected chi connectivity index (χ1v) is 6.90. The van der Waals surface area contributed by atoms with Crippen LogP contribution in [0.1, 0.15) is 19.8 Å². The number of carbonyl (C=O) groups is 2. The van der Waals surface area contributed by atoms with Gasteiger partial charge in [0.05, 0.1) is 17.3 Å². The summed E-state index contributed by atoms with van der Waals surface area (Å²) in [4.78, 5) is 22.6. The Hall–Kier alpha value is -1.30. The fourth-order valence-corrected chi connectivity index (χ4v) is 2.06. The number of halogens is 2. The summed E-state index contributed by atoms with van der Waals surface area (Å²) in [6, 6.07) is 3.98. The van der Waals surface area contributed by atoms with Crippen molar-refractivity contribution in [3.63, 3.8) is 0 Å². The highest BCUT2D eigenvalue weighted by atomic mass is 35.5. The number of aliphatic carboxylic acids is 1. The SMILES string of the molecule is CCCC(NCC(=O)Nc1ccc(Cl)cc1Cl)C(=O)O. The summed E-state index contributed by atoms with van der Waals surface area (Å²) in [6.45, 7) is 1.78. The summed E-state index contributed by atoms with van der Waals surface area (Å²) >= 11 is 11.7. The van der Waals surface area contributed by atoms with E-state index < -0.39 is 12.0 Å². The third kappa shape index (κ3) is 5.36. The maximum atomic E-state index is 11.7. The van der Waals surface area contributed by atoms with E-state index in [1.807, 2.05) is 6.92 Å². The van der Waals surface area contributed by atoms with E-state index in [0.717, 1.165) is 0 Å². The molecule has 0 aliphatic carbocycles. The molecule has 0 aliphatic heterocycles. The van der Waals surface area contributed by atoms with E-state index in [4.69, 9.17) is 28.3 Å². The predicted molar refractivity (Wildman–Crippen MR) is 79.4 cm³/mol. The van der Waals surface area contributed by atoms with Gasteiger partial charge in [-0.1, -0.05) is 36.5 Å². The van der Waals surface area contributed by atoms with Gasteiger partial charge in [0.1, 0.15) is 6.04 Å². The minimum absolute atomic E-state index is 0.101. The number of benzene rings is 1. The van der Waals surface area contributed by atoms with Gasteiger partial charge in [0.2, 0.25) is 5.91 Å². The van der Waals surface area contributed by atoms with E-state index in [9.17, 15) is 9.59 Å². The van der Waals surface area contributed by atoms with Crippen LogP contribution in [0.3, 0.4) is 0 Å².